The molecule has 1 N–H and O–H groups in total. The second-order valence-corrected chi connectivity index (χ2v) is 4.09. The van der Waals surface area contributed by atoms with Gasteiger partial charge in [-0.25, -0.2) is 4.39 Å². The highest BCUT2D eigenvalue weighted by molar-refractivity contribution is 5.78. The summed E-state index contributed by atoms with van der Waals surface area (Å²) in [5.41, 5.74) is 0.753. The molecule has 3 rings (SSSR count). The molecule has 5 heteroatoms. The Morgan fingerprint density at radius 2 is 2.22 bits per heavy atom. The van der Waals surface area contributed by atoms with Crippen LogP contribution in [0.5, 0.6) is 0 Å². The normalized spacial score (nSPS) is 13.1. The number of hydrogen-bond donors (Lipinski definition) is 1. The number of benzene rings is 1. The van der Waals surface area contributed by atoms with E-state index in [-0.39, 0.29) is 5.58 Å². The number of fused-ring (bicyclic) bond motifs is 1. The summed E-state index contributed by atoms with van der Waals surface area (Å²) in [5.74, 6) is -0.130. The number of nitrogens with zero attached hydrogens (tertiary/aromatic N) is 2. The molecule has 2 aromatic heterocycles. The molecule has 0 aliphatic heterocycles. The van der Waals surface area contributed by atoms with Crippen molar-refractivity contribution < 1.29 is 13.9 Å². The summed E-state index contributed by atoms with van der Waals surface area (Å²) in [4.78, 5) is 0. The van der Waals surface area contributed by atoms with E-state index in [4.69, 9.17) is 4.42 Å². The summed E-state index contributed by atoms with van der Waals surface area (Å²) >= 11 is 0. The molecule has 1 aromatic carbocycles. The predicted molar refractivity (Wildman–Crippen MR) is 63.4 cm³/mol. The van der Waals surface area contributed by atoms with Crippen molar-refractivity contribution in [3.8, 4) is 0 Å². The summed E-state index contributed by atoms with van der Waals surface area (Å²) in [7, 11) is 1.72. The van der Waals surface area contributed by atoms with Gasteiger partial charge in [-0.2, -0.15) is 5.10 Å². The van der Waals surface area contributed by atoms with Crippen molar-refractivity contribution in [2.75, 3.05) is 0 Å². The first kappa shape index (κ1) is 11.0. The van der Waals surface area contributed by atoms with Gasteiger partial charge in [0.15, 0.2) is 17.5 Å². The maximum absolute atomic E-state index is 13.5. The standard InChI is InChI=1S/C13H11FN2O2/c1-16-10(5-6-15-16)12(17)11-7-8-3-2-4-9(14)13(8)18-11/h2-7,12,17H,1H3. The zero-order valence-electron chi connectivity index (χ0n) is 9.67. The monoisotopic (exact) mass is 246 g/mol. The molecule has 0 saturated carbocycles. The molecule has 4 nitrogen and oxygen atoms in total. The Bertz CT molecular complexity index is 702. The van der Waals surface area contributed by atoms with Crippen LogP contribution in [-0.4, -0.2) is 14.9 Å². The van der Waals surface area contributed by atoms with Crippen LogP contribution < -0.4 is 0 Å². The second kappa shape index (κ2) is 3.96. The van der Waals surface area contributed by atoms with Gasteiger partial charge in [0.25, 0.3) is 0 Å². The minimum absolute atomic E-state index is 0.161. The van der Waals surface area contributed by atoms with Crippen molar-refractivity contribution in [2.24, 2.45) is 7.05 Å². The van der Waals surface area contributed by atoms with Crippen LogP contribution in [0.1, 0.15) is 17.6 Å². The highest BCUT2D eigenvalue weighted by Gasteiger charge is 2.19. The summed E-state index contributed by atoms with van der Waals surface area (Å²) in [5, 5.41) is 14.8. The molecule has 0 radical (unpaired) electrons. The Balaban J connectivity index is 2.10. The van der Waals surface area contributed by atoms with E-state index in [1.165, 1.54) is 6.07 Å². The largest absolute Gasteiger partial charge is 0.455 e. The molecular formula is C13H11FN2O2. The molecule has 0 saturated heterocycles. The molecule has 1 atom stereocenters. The van der Waals surface area contributed by atoms with Gasteiger partial charge in [0, 0.05) is 18.6 Å². The van der Waals surface area contributed by atoms with E-state index in [2.05, 4.69) is 5.10 Å². The fourth-order valence-corrected chi connectivity index (χ4v) is 1.98. The number of hydrogen-bond acceptors (Lipinski definition) is 3. The average molecular weight is 246 g/mol. The highest BCUT2D eigenvalue weighted by atomic mass is 19.1. The molecule has 92 valence electrons. The quantitative estimate of drug-likeness (QED) is 0.755. The van der Waals surface area contributed by atoms with Gasteiger partial charge < -0.3 is 9.52 Å². The molecule has 0 aliphatic rings. The van der Waals surface area contributed by atoms with Crippen LogP contribution in [0.3, 0.4) is 0 Å². The number of para-hydroxylation sites is 1. The highest BCUT2D eigenvalue weighted by Crippen LogP contribution is 2.29. The van der Waals surface area contributed by atoms with Crippen LogP contribution in [0.25, 0.3) is 11.0 Å². The molecule has 2 heterocycles. The fraction of sp³-hybridized carbons (Fsp3) is 0.154. The van der Waals surface area contributed by atoms with Gasteiger partial charge in [-0.1, -0.05) is 12.1 Å². The van der Waals surface area contributed by atoms with Crippen LogP contribution in [0.2, 0.25) is 0 Å². The summed E-state index contributed by atoms with van der Waals surface area (Å²) in [6.45, 7) is 0. The van der Waals surface area contributed by atoms with E-state index >= 15 is 0 Å². The van der Waals surface area contributed by atoms with Gasteiger partial charge in [0.2, 0.25) is 0 Å². The van der Waals surface area contributed by atoms with Crippen molar-refractivity contribution in [3.63, 3.8) is 0 Å². The molecule has 3 aromatic rings. The lowest BCUT2D eigenvalue weighted by Gasteiger charge is -2.07. The maximum Gasteiger partial charge on any atom is 0.170 e. The lowest BCUT2D eigenvalue weighted by Crippen LogP contribution is -2.05. The summed E-state index contributed by atoms with van der Waals surface area (Å²) in [6.07, 6.45) is 0.631. The van der Waals surface area contributed by atoms with Crippen molar-refractivity contribution in [2.45, 2.75) is 6.10 Å². The number of aliphatic hydroxyl groups is 1. The van der Waals surface area contributed by atoms with Crippen molar-refractivity contribution in [3.05, 3.63) is 53.8 Å². The summed E-state index contributed by atoms with van der Waals surface area (Å²) < 4.78 is 20.4. The Hall–Kier alpha value is -2.14. The first-order valence-electron chi connectivity index (χ1n) is 5.51. The van der Waals surface area contributed by atoms with Gasteiger partial charge in [-0.15, -0.1) is 0 Å². The molecule has 0 aliphatic carbocycles. The third kappa shape index (κ3) is 1.60. The number of rotatable bonds is 2. The van der Waals surface area contributed by atoms with Crippen molar-refractivity contribution in [1.82, 2.24) is 9.78 Å². The molecule has 18 heavy (non-hydrogen) atoms. The van der Waals surface area contributed by atoms with Gasteiger partial charge in [0.05, 0.1) is 5.69 Å². The molecule has 1 unspecified atom stereocenters. The lowest BCUT2D eigenvalue weighted by atomic mass is 10.2. The Morgan fingerprint density at radius 3 is 2.89 bits per heavy atom. The Labute approximate surface area is 102 Å². The van der Waals surface area contributed by atoms with E-state index in [1.54, 1.807) is 42.2 Å². The first-order chi connectivity index (χ1) is 8.66. The van der Waals surface area contributed by atoms with Crippen molar-refractivity contribution >= 4 is 11.0 Å². The third-order valence-corrected chi connectivity index (χ3v) is 2.92. The lowest BCUT2D eigenvalue weighted by molar-refractivity contribution is 0.182. The molecular weight excluding hydrogens is 235 g/mol. The van der Waals surface area contributed by atoms with Crippen molar-refractivity contribution in [1.29, 1.82) is 0 Å². The summed E-state index contributed by atoms with van der Waals surface area (Å²) in [6, 6.07) is 7.99. The minimum atomic E-state index is -0.954. The van der Waals surface area contributed by atoms with Gasteiger partial charge in [-0.3, -0.25) is 4.68 Å². The Morgan fingerprint density at radius 1 is 1.39 bits per heavy atom. The predicted octanol–water partition coefficient (Wildman–Crippen LogP) is 2.39. The zero-order valence-corrected chi connectivity index (χ0v) is 9.67. The molecule has 0 spiro atoms. The van der Waals surface area contributed by atoms with Gasteiger partial charge in [0.1, 0.15) is 5.76 Å². The SMILES string of the molecule is Cn1nccc1C(O)c1cc2cccc(F)c2o1. The number of aliphatic hydroxyl groups excluding tert-OH is 1. The first-order valence-corrected chi connectivity index (χ1v) is 5.51. The van der Waals surface area contributed by atoms with E-state index < -0.39 is 11.9 Å². The minimum Gasteiger partial charge on any atom is -0.455 e. The number of aryl methyl sites for hydroxylation is 1. The number of halogens is 1. The van der Waals surface area contributed by atoms with Crippen LogP contribution in [0.4, 0.5) is 4.39 Å². The van der Waals surface area contributed by atoms with Gasteiger partial charge in [-0.05, 0) is 18.2 Å². The van der Waals surface area contributed by atoms with Crippen LogP contribution >= 0.6 is 0 Å². The number of furan rings is 1. The maximum atomic E-state index is 13.5. The van der Waals surface area contributed by atoms with E-state index in [9.17, 15) is 9.50 Å². The third-order valence-electron chi connectivity index (χ3n) is 2.92. The second-order valence-electron chi connectivity index (χ2n) is 4.09. The Kier molecular flexibility index (Phi) is 2.41. The number of aromatic nitrogens is 2. The van der Waals surface area contributed by atoms with E-state index in [1.807, 2.05) is 0 Å². The molecule has 0 amide bonds. The van der Waals surface area contributed by atoms with Crippen LogP contribution in [-0.2, 0) is 7.05 Å². The van der Waals surface area contributed by atoms with Crippen LogP contribution in [0.15, 0.2) is 40.9 Å². The topological polar surface area (TPSA) is 51.2 Å². The smallest absolute Gasteiger partial charge is 0.170 e. The van der Waals surface area contributed by atoms with E-state index in [0.717, 1.165) is 0 Å². The fourth-order valence-electron chi connectivity index (χ4n) is 1.98. The average Bonchev–Trinajstić information content (AvgIpc) is 2.95. The zero-order chi connectivity index (χ0) is 12.7. The van der Waals surface area contributed by atoms with Gasteiger partial charge >= 0.3 is 0 Å². The molecule has 0 fully saturated rings. The van der Waals surface area contributed by atoms with E-state index in [0.29, 0.717) is 16.8 Å². The van der Waals surface area contributed by atoms with Crippen LogP contribution in [0, 0.1) is 5.82 Å². The molecule has 0 bridgehead atoms.